The number of carbonyl (C=O) groups is 1. The summed E-state index contributed by atoms with van der Waals surface area (Å²) in [4.78, 5) is 23.5. The predicted octanol–water partition coefficient (Wildman–Crippen LogP) is 2.14. The van der Waals surface area contributed by atoms with E-state index in [0.29, 0.717) is 10.8 Å². The number of nitro groups is 1. The second kappa shape index (κ2) is 7.17. The zero-order chi connectivity index (χ0) is 16.9. The summed E-state index contributed by atoms with van der Waals surface area (Å²) in [5, 5.41) is 16.7. The molecule has 1 amide bonds. The first-order valence-corrected chi connectivity index (χ1v) is 7.07. The normalized spacial score (nSPS) is 10.7. The minimum Gasteiger partial charge on any atom is -0.350 e. The standard InChI is InChI=1S/C14H20N4O3S/c1-14(2,3)16-12(19)9-17(4)13(22)15-10-5-7-11(8-6-10)18(20)21/h5-8H,9H2,1-4H3,(H,15,22)(H,16,19). The Balaban J connectivity index is 2.57. The van der Waals surface area contributed by atoms with E-state index in [1.165, 1.54) is 12.1 Å². The Bertz CT molecular complexity index is 566. The van der Waals surface area contributed by atoms with Crippen LogP contribution in [0.3, 0.4) is 0 Å². The lowest BCUT2D eigenvalue weighted by Crippen LogP contribution is -2.47. The Morgan fingerprint density at radius 1 is 1.32 bits per heavy atom. The second-order valence-corrected chi connectivity index (χ2v) is 6.28. The van der Waals surface area contributed by atoms with Crippen molar-refractivity contribution in [3.8, 4) is 0 Å². The van der Waals surface area contributed by atoms with Crippen molar-refractivity contribution in [2.24, 2.45) is 0 Å². The van der Waals surface area contributed by atoms with Crippen LogP contribution in [-0.4, -0.2) is 40.0 Å². The van der Waals surface area contributed by atoms with Crippen LogP contribution in [0.15, 0.2) is 24.3 Å². The number of amides is 1. The molecule has 0 saturated heterocycles. The first kappa shape index (κ1) is 17.8. The number of anilines is 1. The lowest BCUT2D eigenvalue weighted by Gasteiger charge is -2.25. The highest BCUT2D eigenvalue weighted by Gasteiger charge is 2.16. The smallest absolute Gasteiger partial charge is 0.269 e. The van der Waals surface area contributed by atoms with Crippen LogP contribution >= 0.6 is 12.2 Å². The van der Waals surface area contributed by atoms with Gasteiger partial charge in [-0.15, -0.1) is 0 Å². The Kier molecular flexibility index (Phi) is 5.81. The van der Waals surface area contributed by atoms with Gasteiger partial charge < -0.3 is 15.5 Å². The van der Waals surface area contributed by atoms with Crippen molar-refractivity contribution in [1.82, 2.24) is 10.2 Å². The SMILES string of the molecule is CN(CC(=O)NC(C)(C)C)C(=S)Nc1ccc([N+](=O)[O-])cc1. The third-order valence-corrected chi connectivity index (χ3v) is 2.99. The van der Waals surface area contributed by atoms with Crippen molar-refractivity contribution < 1.29 is 9.72 Å². The molecule has 0 unspecified atom stereocenters. The maximum absolute atomic E-state index is 11.8. The molecule has 0 aliphatic carbocycles. The summed E-state index contributed by atoms with van der Waals surface area (Å²) < 4.78 is 0. The quantitative estimate of drug-likeness (QED) is 0.501. The van der Waals surface area contributed by atoms with Crippen LogP contribution in [0.2, 0.25) is 0 Å². The Morgan fingerprint density at radius 2 is 1.86 bits per heavy atom. The van der Waals surface area contributed by atoms with E-state index in [2.05, 4.69) is 10.6 Å². The van der Waals surface area contributed by atoms with Crippen LogP contribution in [-0.2, 0) is 4.79 Å². The lowest BCUT2D eigenvalue weighted by molar-refractivity contribution is -0.384. The molecule has 2 N–H and O–H groups in total. The van der Waals surface area contributed by atoms with Gasteiger partial charge in [0.1, 0.15) is 0 Å². The van der Waals surface area contributed by atoms with Crippen LogP contribution in [0.4, 0.5) is 11.4 Å². The third-order valence-electron chi connectivity index (χ3n) is 2.57. The average Bonchev–Trinajstić information content (AvgIpc) is 2.36. The number of carbonyl (C=O) groups excluding carboxylic acids is 1. The van der Waals surface area contributed by atoms with Gasteiger partial charge in [0.15, 0.2) is 5.11 Å². The molecule has 0 spiro atoms. The van der Waals surface area contributed by atoms with Crippen LogP contribution < -0.4 is 10.6 Å². The second-order valence-electron chi connectivity index (χ2n) is 5.89. The molecule has 22 heavy (non-hydrogen) atoms. The van der Waals surface area contributed by atoms with Crippen molar-refractivity contribution in [3.05, 3.63) is 34.4 Å². The predicted molar refractivity (Wildman–Crippen MR) is 89.8 cm³/mol. The van der Waals surface area contributed by atoms with Crippen LogP contribution in [0, 0.1) is 10.1 Å². The van der Waals surface area contributed by atoms with Crippen molar-refractivity contribution in [2.45, 2.75) is 26.3 Å². The molecule has 8 heteroatoms. The van der Waals surface area contributed by atoms with Crippen LogP contribution in [0.25, 0.3) is 0 Å². The molecule has 0 aliphatic rings. The van der Waals surface area contributed by atoms with Crippen LogP contribution in [0.5, 0.6) is 0 Å². The Morgan fingerprint density at radius 3 is 2.32 bits per heavy atom. The van der Waals surface area contributed by atoms with Gasteiger partial charge in [0.05, 0.1) is 11.5 Å². The fraction of sp³-hybridized carbons (Fsp3) is 0.429. The number of likely N-dealkylation sites (N-methyl/N-ethyl adjacent to an activating group) is 1. The number of nitro benzene ring substituents is 1. The number of hydrogen-bond donors (Lipinski definition) is 2. The topological polar surface area (TPSA) is 87.5 Å². The molecule has 0 aromatic heterocycles. The minimum absolute atomic E-state index is 0.00868. The molecule has 1 aromatic rings. The summed E-state index contributed by atoms with van der Waals surface area (Å²) in [6.07, 6.45) is 0. The van der Waals surface area contributed by atoms with E-state index in [4.69, 9.17) is 12.2 Å². The average molecular weight is 324 g/mol. The van der Waals surface area contributed by atoms with Gasteiger partial charge in [-0.05, 0) is 45.1 Å². The number of nitrogens with zero attached hydrogens (tertiary/aromatic N) is 2. The molecule has 0 fully saturated rings. The maximum atomic E-state index is 11.8. The maximum Gasteiger partial charge on any atom is 0.269 e. The van der Waals surface area contributed by atoms with E-state index in [9.17, 15) is 14.9 Å². The number of non-ortho nitro benzene ring substituents is 1. The Hall–Kier alpha value is -2.22. The molecule has 1 rings (SSSR count). The number of benzene rings is 1. The summed E-state index contributed by atoms with van der Waals surface area (Å²) in [5.41, 5.74) is 0.332. The fourth-order valence-electron chi connectivity index (χ4n) is 1.63. The van der Waals surface area contributed by atoms with Gasteiger partial charge in [-0.1, -0.05) is 0 Å². The summed E-state index contributed by atoms with van der Waals surface area (Å²) in [6.45, 7) is 5.82. The lowest BCUT2D eigenvalue weighted by atomic mass is 10.1. The van der Waals surface area contributed by atoms with E-state index < -0.39 is 4.92 Å². The number of rotatable bonds is 4. The summed E-state index contributed by atoms with van der Waals surface area (Å²) in [6, 6.07) is 5.90. The number of nitrogens with one attached hydrogen (secondary N) is 2. The highest BCUT2D eigenvalue weighted by Crippen LogP contribution is 2.15. The molecule has 0 bridgehead atoms. The Labute approximate surface area is 134 Å². The van der Waals surface area contributed by atoms with Gasteiger partial charge in [0.2, 0.25) is 5.91 Å². The largest absolute Gasteiger partial charge is 0.350 e. The molecule has 0 heterocycles. The van der Waals surface area contributed by atoms with Crippen molar-refractivity contribution >= 4 is 34.6 Å². The number of hydrogen-bond acceptors (Lipinski definition) is 4. The van der Waals surface area contributed by atoms with E-state index in [-0.39, 0.29) is 23.7 Å². The fourth-order valence-corrected chi connectivity index (χ4v) is 1.81. The van der Waals surface area contributed by atoms with Gasteiger partial charge in [-0.25, -0.2) is 0 Å². The minimum atomic E-state index is -0.467. The van der Waals surface area contributed by atoms with Gasteiger partial charge in [0, 0.05) is 30.4 Å². The van der Waals surface area contributed by atoms with E-state index in [1.54, 1.807) is 24.1 Å². The highest BCUT2D eigenvalue weighted by molar-refractivity contribution is 7.80. The molecule has 0 atom stereocenters. The summed E-state index contributed by atoms with van der Waals surface area (Å²) in [7, 11) is 1.70. The van der Waals surface area contributed by atoms with Gasteiger partial charge >= 0.3 is 0 Å². The molecular formula is C14H20N4O3S. The van der Waals surface area contributed by atoms with E-state index in [1.807, 2.05) is 20.8 Å². The summed E-state index contributed by atoms with van der Waals surface area (Å²) in [5.74, 6) is -0.136. The molecular weight excluding hydrogens is 304 g/mol. The molecule has 0 radical (unpaired) electrons. The molecule has 7 nitrogen and oxygen atoms in total. The first-order chi connectivity index (χ1) is 10.1. The van der Waals surface area contributed by atoms with Gasteiger partial charge in [0.25, 0.3) is 5.69 Å². The van der Waals surface area contributed by atoms with E-state index >= 15 is 0 Å². The molecule has 120 valence electrons. The van der Waals surface area contributed by atoms with Crippen molar-refractivity contribution in [1.29, 1.82) is 0 Å². The molecule has 0 saturated carbocycles. The van der Waals surface area contributed by atoms with Crippen molar-refractivity contribution in [2.75, 3.05) is 18.9 Å². The monoisotopic (exact) mass is 324 g/mol. The first-order valence-electron chi connectivity index (χ1n) is 6.66. The molecule has 1 aromatic carbocycles. The summed E-state index contributed by atoms with van der Waals surface area (Å²) >= 11 is 5.20. The highest BCUT2D eigenvalue weighted by atomic mass is 32.1. The van der Waals surface area contributed by atoms with Crippen molar-refractivity contribution in [3.63, 3.8) is 0 Å². The van der Waals surface area contributed by atoms with E-state index in [0.717, 1.165) is 0 Å². The zero-order valence-corrected chi connectivity index (χ0v) is 13.9. The molecule has 0 aliphatic heterocycles. The zero-order valence-electron chi connectivity index (χ0n) is 13.0. The van der Waals surface area contributed by atoms with Gasteiger partial charge in [-0.3, -0.25) is 14.9 Å². The third kappa shape index (κ3) is 6.04. The van der Waals surface area contributed by atoms with Gasteiger partial charge in [-0.2, -0.15) is 0 Å². The number of thiocarbonyl (C=S) groups is 1. The van der Waals surface area contributed by atoms with Crippen LogP contribution in [0.1, 0.15) is 20.8 Å².